The number of hydrogen-bond donors (Lipinski definition) is 9. The molecule has 1 amide bonds. The fraction of sp³-hybridized carbons (Fsp3) is 0.911. The van der Waals surface area contributed by atoms with Crippen LogP contribution in [0.4, 0.5) is 0 Å². The molecule has 0 aromatic carbocycles. The molecule has 0 bridgehead atoms. The highest BCUT2D eigenvalue weighted by Crippen LogP contribution is 2.30. The van der Waals surface area contributed by atoms with Gasteiger partial charge in [-0.05, 0) is 32.1 Å². The number of hydrogen-bond acceptors (Lipinski definition) is 13. The van der Waals surface area contributed by atoms with Gasteiger partial charge in [0.2, 0.25) is 5.91 Å². The lowest BCUT2D eigenvalue weighted by Gasteiger charge is -2.46. The summed E-state index contributed by atoms with van der Waals surface area (Å²) in [4.78, 5) is 13.2. The quantitative estimate of drug-likeness (QED) is 0.0205. The summed E-state index contributed by atoms with van der Waals surface area (Å²) in [6.07, 6.45) is 32.3. The van der Waals surface area contributed by atoms with Crippen molar-refractivity contribution in [1.82, 2.24) is 5.32 Å². The normalized spacial score (nSPS) is 26.1. The van der Waals surface area contributed by atoms with Crippen molar-refractivity contribution < 1.29 is 64.6 Å². The van der Waals surface area contributed by atoms with Gasteiger partial charge in [-0.2, -0.15) is 0 Å². The molecule has 0 aromatic heterocycles. The van der Waals surface area contributed by atoms with Gasteiger partial charge < -0.3 is 65.1 Å². The summed E-state index contributed by atoms with van der Waals surface area (Å²) >= 11 is 0. The maximum absolute atomic E-state index is 13.2. The minimum atomic E-state index is -1.79. The third-order valence-electron chi connectivity index (χ3n) is 14.1. The molecule has 2 aliphatic heterocycles. The highest BCUT2D eigenvalue weighted by molar-refractivity contribution is 5.76. The molecular formula is C56H105NO13. The van der Waals surface area contributed by atoms with Crippen LogP contribution in [0.2, 0.25) is 0 Å². The van der Waals surface area contributed by atoms with Crippen molar-refractivity contribution in [2.24, 2.45) is 0 Å². The Morgan fingerprint density at radius 1 is 0.500 bits per heavy atom. The molecule has 0 radical (unpaired) electrons. The number of allylic oxidation sites excluding steroid dienone is 3. The summed E-state index contributed by atoms with van der Waals surface area (Å²) in [6.45, 7) is 2.78. The van der Waals surface area contributed by atoms with Crippen molar-refractivity contribution in [3.05, 3.63) is 24.3 Å². The number of aliphatic hydroxyl groups excluding tert-OH is 8. The Morgan fingerprint density at radius 2 is 0.914 bits per heavy atom. The van der Waals surface area contributed by atoms with Gasteiger partial charge in [0.25, 0.3) is 0 Å². The molecule has 2 fully saturated rings. The van der Waals surface area contributed by atoms with Crippen LogP contribution in [0.5, 0.6) is 0 Å². The Labute approximate surface area is 424 Å². The summed E-state index contributed by atoms with van der Waals surface area (Å²) in [5.41, 5.74) is 0. The van der Waals surface area contributed by atoms with Crippen LogP contribution in [0.1, 0.15) is 232 Å². The summed E-state index contributed by atoms with van der Waals surface area (Å²) < 4.78 is 22.7. The van der Waals surface area contributed by atoms with E-state index in [1.807, 2.05) is 6.08 Å². The van der Waals surface area contributed by atoms with E-state index in [2.05, 4.69) is 31.3 Å². The van der Waals surface area contributed by atoms with Crippen LogP contribution in [0.15, 0.2) is 24.3 Å². The van der Waals surface area contributed by atoms with Gasteiger partial charge in [-0.25, -0.2) is 0 Å². The van der Waals surface area contributed by atoms with Gasteiger partial charge in [0.15, 0.2) is 12.6 Å². The molecule has 14 heteroatoms. The monoisotopic (exact) mass is 1000 g/mol. The zero-order chi connectivity index (χ0) is 51.0. The Kier molecular flexibility index (Phi) is 39.5. The molecule has 0 aliphatic carbocycles. The van der Waals surface area contributed by atoms with E-state index >= 15 is 0 Å². The molecule has 412 valence electrons. The number of carbonyl (C=O) groups is 1. The second-order valence-corrected chi connectivity index (χ2v) is 20.4. The lowest BCUT2D eigenvalue weighted by atomic mass is 9.97. The summed E-state index contributed by atoms with van der Waals surface area (Å²) in [5.74, 6) is -0.246. The van der Waals surface area contributed by atoms with Gasteiger partial charge in [0.1, 0.15) is 48.8 Å². The van der Waals surface area contributed by atoms with E-state index in [0.717, 1.165) is 32.1 Å². The van der Waals surface area contributed by atoms with Gasteiger partial charge in [-0.15, -0.1) is 0 Å². The standard InChI is InChI=1S/C56H105NO13/c1-3-5-7-9-11-13-15-17-18-19-20-21-22-23-24-25-26-28-30-32-34-36-38-40-48(61)57-44(45(60)39-37-35-33-31-29-27-16-14-12-10-8-6-4-2)43-67-55-53(66)51(64)54(47(42-59)69-55)70-56-52(65)50(63)49(62)46(41-58)68-56/h29,31,37,39,44-47,49-56,58-60,62-66H,3-28,30,32-36,38,40-43H2,1-2H3,(H,57,61)/b31-29+,39-37+. The first-order valence-electron chi connectivity index (χ1n) is 28.6. The van der Waals surface area contributed by atoms with Crippen molar-refractivity contribution in [1.29, 1.82) is 0 Å². The number of rotatable bonds is 45. The average molecular weight is 1000 g/mol. The number of amides is 1. The molecule has 12 unspecified atom stereocenters. The first-order valence-corrected chi connectivity index (χ1v) is 28.6. The second-order valence-electron chi connectivity index (χ2n) is 20.4. The van der Waals surface area contributed by atoms with Crippen LogP contribution < -0.4 is 5.32 Å². The van der Waals surface area contributed by atoms with Crippen molar-refractivity contribution in [3.8, 4) is 0 Å². The van der Waals surface area contributed by atoms with E-state index in [9.17, 15) is 45.6 Å². The lowest BCUT2D eigenvalue weighted by Crippen LogP contribution is -2.65. The minimum Gasteiger partial charge on any atom is -0.394 e. The smallest absolute Gasteiger partial charge is 0.220 e. The average Bonchev–Trinajstić information content (AvgIpc) is 3.36. The Morgan fingerprint density at radius 3 is 1.40 bits per heavy atom. The molecule has 12 atom stereocenters. The van der Waals surface area contributed by atoms with Crippen LogP contribution >= 0.6 is 0 Å². The predicted octanol–water partition coefficient (Wildman–Crippen LogP) is 8.89. The molecule has 14 nitrogen and oxygen atoms in total. The van der Waals surface area contributed by atoms with Crippen molar-refractivity contribution in [2.45, 2.75) is 306 Å². The van der Waals surface area contributed by atoms with E-state index < -0.39 is 86.8 Å². The highest BCUT2D eigenvalue weighted by Gasteiger charge is 2.51. The summed E-state index contributed by atoms with van der Waals surface area (Å²) in [7, 11) is 0. The first kappa shape index (κ1) is 64.6. The maximum atomic E-state index is 13.2. The van der Waals surface area contributed by atoms with Gasteiger partial charge in [0, 0.05) is 6.42 Å². The topological polar surface area (TPSA) is 228 Å². The molecule has 2 aliphatic rings. The third-order valence-corrected chi connectivity index (χ3v) is 14.1. The van der Waals surface area contributed by atoms with Gasteiger partial charge in [-0.3, -0.25) is 4.79 Å². The zero-order valence-corrected chi connectivity index (χ0v) is 44.0. The van der Waals surface area contributed by atoms with Crippen LogP contribution in [0.3, 0.4) is 0 Å². The fourth-order valence-electron chi connectivity index (χ4n) is 9.48. The summed E-state index contributed by atoms with van der Waals surface area (Å²) in [6, 6.07) is -0.926. The number of aliphatic hydroxyl groups is 8. The van der Waals surface area contributed by atoms with Crippen LogP contribution in [-0.2, 0) is 23.7 Å². The highest BCUT2D eigenvalue weighted by atomic mass is 16.7. The summed E-state index contributed by atoms with van der Waals surface area (Å²) in [5, 5.41) is 86.9. The maximum Gasteiger partial charge on any atom is 0.220 e. The second kappa shape index (κ2) is 42.8. The fourth-order valence-corrected chi connectivity index (χ4v) is 9.48. The SMILES string of the molecule is CCCCCCCCC/C=C/CC/C=C/C(O)C(COC1OC(CO)C(OC2OC(CO)C(O)C(O)C2O)C(O)C1O)NC(=O)CCCCCCCCCCCCCCCCCCCCCCCCC. The zero-order valence-electron chi connectivity index (χ0n) is 44.0. The van der Waals surface area contributed by atoms with Crippen molar-refractivity contribution in [2.75, 3.05) is 19.8 Å². The van der Waals surface area contributed by atoms with Crippen LogP contribution in [0.25, 0.3) is 0 Å². The Hall–Kier alpha value is -1.53. The third kappa shape index (κ3) is 28.8. The van der Waals surface area contributed by atoms with Gasteiger partial charge in [-0.1, -0.05) is 218 Å². The Bertz CT molecular complexity index is 1270. The van der Waals surface area contributed by atoms with E-state index in [4.69, 9.17) is 18.9 Å². The number of unbranched alkanes of at least 4 members (excludes halogenated alkanes) is 30. The molecule has 70 heavy (non-hydrogen) atoms. The van der Waals surface area contributed by atoms with E-state index in [1.54, 1.807) is 6.08 Å². The van der Waals surface area contributed by atoms with Gasteiger partial charge >= 0.3 is 0 Å². The molecule has 2 saturated heterocycles. The number of nitrogens with one attached hydrogen (secondary N) is 1. The molecule has 2 rings (SSSR count). The van der Waals surface area contributed by atoms with E-state index in [-0.39, 0.29) is 18.9 Å². The van der Waals surface area contributed by atoms with Crippen molar-refractivity contribution >= 4 is 5.91 Å². The van der Waals surface area contributed by atoms with Gasteiger partial charge in [0.05, 0.1) is 32.0 Å². The first-order chi connectivity index (χ1) is 34.1. The minimum absolute atomic E-state index is 0.246. The molecular weight excluding hydrogens is 895 g/mol. The van der Waals surface area contributed by atoms with Crippen LogP contribution in [0, 0.1) is 0 Å². The Balaban J connectivity index is 1.75. The predicted molar refractivity (Wildman–Crippen MR) is 277 cm³/mol. The number of ether oxygens (including phenoxy) is 4. The van der Waals surface area contributed by atoms with E-state index in [0.29, 0.717) is 12.8 Å². The molecule has 9 N–H and O–H groups in total. The largest absolute Gasteiger partial charge is 0.394 e. The van der Waals surface area contributed by atoms with Crippen LogP contribution in [-0.4, -0.2) is 140 Å². The lowest BCUT2D eigenvalue weighted by molar-refractivity contribution is -0.359. The molecule has 2 heterocycles. The molecule has 0 spiro atoms. The van der Waals surface area contributed by atoms with Crippen molar-refractivity contribution in [3.63, 3.8) is 0 Å². The van der Waals surface area contributed by atoms with E-state index in [1.165, 1.54) is 167 Å². The number of carbonyl (C=O) groups excluding carboxylic acids is 1. The molecule has 0 saturated carbocycles. The molecule has 0 aromatic rings.